The molecule has 1 fully saturated rings. The summed E-state index contributed by atoms with van der Waals surface area (Å²) >= 11 is 0. The van der Waals surface area contributed by atoms with Crippen LogP contribution in [-0.4, -0.2) is 11.9 Å². The van der Waals surface area contributed by atoms with Crippen molar-refractivity contribution in [3.05, 3.63) is 35.9 Å². The third kappa shape index (κ3) is 4.12. The molecule has 3 heteroatoms. The van der Waals surface area contributed by atoms with Crippen LogP contribution in [0.4, 0.5) is 5.69 Å². The topological polar surface area (TPSA) is 55.1 Å². The van der Waals surface area contributed by atoms with Crippen LogP contribution in [0.5, 0.6) is 0 Å². The Labute approximate surface area is 114 Å². The molecule has 1 saturated carbocycles. The predicted octanol–water partition coefficient (Wildman–Crippen LogP) is 2.98. The van der Waals surface area contributed by atoms with E-state index in [4.69, 9.17) is 5.73 Å². The molecule has 1 amide bonds. The maximum atomic E-state index is 11.9. The number of hydrogen-bond acceptors (Lipinski definition) is 2. The molecule has 1 aliphatic carbocycles. The highest BCUT2D eigenvalue weighted by atomic mass is 16.1. The van der Waals surface area contributed by atoms with Crippen LogP contribution in [-0.2, 0) is 4.79 Å². The van der Waals surface area contributed by atoms with E-state index in [2.05, 4.69) is 12.2 Å². The van der Waals surface area contributed by atoms with Gasteiger partial charge in [0.2, 0.25) is 5.91 Å². The first kappa shape index (κ1) is 13.7. The number of amides is 1. The Bertz CT molecular complexity index is 450. The van der Waals surface area contributed by atoms with E-state index in [9.17, 15) is 4.79 Å². The zero-order chi connectivity index (χ0) is 13.7. The standard InChI is InChI=1S/C16H22N2O/c1-12-4-2-3-5-15(12)18-16(19)11-8-13-6-9-14(17)10-7-13/h6-12,15H,2-5,17H2,1H3,(H,18,19)/b11-8+. The number of carbonyl (C=O) groups excluding carboxylic acids is 1. The van der Waals surface area contributed by atoms with E-state index in [1.807, 2.05) is 30.3 Å². The Kier molecular flexibility index (Phi) is 4.61. The number of anilines is 1. The lowest BCUT2D eigenvalue weighted by Gasteiger charge is -2.29. The van der Waals surface area contributed by atoms with Gasteiger partial charge >= 0.3 is 0 Å². The van der Waals surface area contributed by atoms with Crippen LogP contribution in [0.1, 0.15) is 38.2 Å². The number of benzene rings is 1. The molecule has 3 nitrogen and oxygen atoms in total. The van der Waals surface area contributed by atoms with Gasteiger partial charge in [0.25, 0.3) is 0 Å². The summed E-state index contributed by atoms with van der Waals surface area (Å²) in [6.07, 6.45) is 8.25. The van der Waals surface area contributed by atoms with Crippen molar-refractivity contribution < 1.29 is 4.79 Å². The summed E-state index contributed by atoms with van der Waals surface area (Å²) in [6, 6.07) is 7.81. The highest BCUT2D eigenvalue weighted by Gasteiger charge is 2.21. The van der Waals surface area contributed by atoms with Crippen LogP contribution in [0.25, 0.3) is 6.08 Å². The first-order valence-electron chi connectivity index (χ1n) is 6.99. The number of hydrogen-bond donors (Lipinski definition) is 2. The fourth-order valence-corrected chi connectivity index (χ4v) is 2.54. The van der Waals surface area contributed by atoms with Crippen molar-refractivity contribution in [2.24, 2.45) is 5.92 Å². The smallest absolute Gasteiger partial charge is 0.244 e. The number of nitrogens with two attached hydrogens (primary N) is 1. The fraction of sp³-hybridized carbons (Fsp3) is 0.438. The summed E-state index contributed by atoms with van der Waals surface area (Å²) in [5.41, 5.74) is 7.34. The van der Waals surface area contributed by atoms with Gasteiger partial charge in [-0.25, -0.2) is 0 Å². The molecule has 0 aliphatic heterocycles. The second kappa shape index (κ2) is 6.41. The Balaban J connectivity index is 1.88. The zero-order valence-electron chi connectivity index (χ0n) is 11.4. The average Bonchev–Trinajstić information content (AvgIpc) is 2.41. The second-order valence-corrected chi connectivity index (χ2v) is 5.38. The van der Waals surface area contributed by atoms with E-state index < -0.39 is 0 Å². The summed E-state index contributed by atoms with van der Waals surface area (Å²) < 4.78 is 0. The largest absolute Gasteiger partial charge is 0.399 e. The summed E-state index contributed by atoms with van der Waals surface area (Å²) in [6.45, 7) is 2.22. The van der Waals surface area contributed by atoms with E-state index in [-0.39, 0.29) is 5.91 Å². The summed E-state index contributed by atoms with van der Waals surface area (Å²) in [4.78, 5) is 11.9. The average molecular weight is 258 g/mol. The fourth-order valence-electron chi connectivity index (χ4n) is 2.54. The van der Waals surface area contributed by atoms with Gasteiger partial charge in [-0.3, -0.25) is 4.79 Å². The van der Waals surface area contributed by atoms with E-state index in [0.717, 1.165) is 17.7 Å². The van der Waals surface area contributed by atoms with Gasteiger partial charge in [0, 0.05) is 17.8 Å². The third-order valence-corrected chi connectivity index (χ3v) is 3.80. The third-order valence-electron chi connectivity index (χ3n) is 3.80. The quantitative estimate of drug-likeness (QED) is 0.647. The van der Waals surface area contributed by atoms with Crippen LogP contribution in [0.2, 0.25) is 0 Å². The molecule has 0 heterocycles. The van der Waals surface area contributed by atoms with E-state index >= 15 is 0 Å². The molecule has 1 aromatic rings. The van der Waals surface area contributed by atoms with Gasteiger partial charge in [-0.15, -0.1) is 0 Å². The molecule has 0 bridgehead atoms. The van der Waals surface area contributed by atoms with E-state index in [1.54, 1.807) is 6.08 Å². The summed E-state index contributed by atoms with van der Waals surface area (Å²) in [7, 11) is 0. The first-order chi connectivity index (χ1) is 9.15. The minimum absolute atomic E-state index is 0.00410. The minimum atomic E-state index is -0.00410. The van der Waals surface area contributed by atoms with Crippen LogP contribution < -0.4 is 11.1 Å². The van der Waals surface area contributed by atoms with Crippen molar-refractivity contribution in [2.45, 2.75) is 38.6 Å². The molecule has 0 aromatic heterocycles. The molecule has 1 aliphatic rings. The van der Waals surface area contributed by atoms with Crippen molar-refractivity contribution >= 4 is 17.7 Å². The Morgan fingerprint density at radius 2 is 1.95 bits per heavy atom. The molecule has 1 aromatic carbocycles. The van der Waals surface area contributed by atoms with Crippen LogP contribution in [0.3, 0.4) is 0 Å². The molecule has 0 radical (unpaired) electrons. The number of nitrogen functional groups attached to an aromatic ring is 1. The molecule has 2 rings (SSSR count). The highest BCUT2D eigenvalue weighted by Crippen LogP contribution is 2.23. The van der Waals surface area contributed by atoms with Crippen molar-refractivity contribution in [2.75, 3.05) is 5.73 Å². The van der Waals surface area contributed by atoms with Crippen molar-refractivity contribution in [1.29, 1.82) is 0 Å². The first-order valence-corrected chi connectivity index (χ1v) is 6.99. The van der Waals surface area contributed by atoms with Gasteiger partial charge in [0.15, 0.2) is 0 Å². The molecule has 102 valence electrons. The Morgan fingerprint density at radius 3 is 2.63 bits per heavy atom. The summed E-state index contributed by atoms with van der Waals surface area (Å²) in [5.74, 6) is 0.582. The molecule has 0 saturated heterocycles. The van der Waals surface area contributed by atoms with Crippen LogP contribution in [0, 0.1) is 5.92 Å². The lowest BCUT2D eigenvalue weighted by Crippen LogP contribution is -2.40. The predicted molar refractivity (Wildman–Crippen MR) is 79.5 cm³/mol. The van der Waals surface area contributed by atoms with Crippen LogP contribution in [0.15, 0.2) is 30.3 Å². The molecule has 19 heavy (non-hydrogen) atoms. The molecule has 2 unspecified atom stereocenters. The zero-order valence-corrected chi connectivity index (χ0v) is 11.4. The van der Waals surface area contributed by atoms with E-state index in [0.29, 0.717) is 12.0 Å². The maximum Gasteiger partial charge on any atom is 0.244 e. The monoisotopic (exact) mass is 258 g/mol. The van der Waals surface area contributed by atoms with Crippen molar-refractivity contribution in [3.63, 3.8) is 0 Å². The lowest BCUT2D eigenvalue weighted by molar-refractivity contribution is -0.117. The second-order valence-electron chi connectivity index (χ2n) is 5.38. The lowest BCUT2D eigenvalue weighted by atomic mass is 9.86. The van der Waals surface area contributed by atoms with E-state index in [1.165, 1.54) is 19.3 Å². The van der Waals surface area contributed by atoms with Gasteiger partial charge in [0.1, 0.15) is 0 Å². The summed E-state index contributed by atoms with van der Waals surface area (Å²) in [5, 5.41) is 3.10. The molecular weight excluding hydrogens is 236 g/mol. The minimum Gasteiger partial charge on any atom is -0.399 e. The van der Waals surface area contributed by atoms with Crippen molar-refractivity contribution in [1.82, 2.24) is 5.32 Å². The Morgan fingerprint density at radius 1 is 1.26 bits per heavy atom. The number of nitrogens with one attached hydrogen (secondary N) is 1. The van der Waals surface area contributed by atoms with Gasteiger partial charge in [-0.2, -0.15) is 0 Å². The van der Waals surface area contributed by atoms with Gasteiger partial charge < -0.3 is 11.1 Å². The Hall–Kier alpha value is -1.77. The molecule has 3 N–H and O–H groups in total. The molecule has 0 spiro atoms. The number of carbonyl (C=O) groups is 1. The SMILES string of the molecule is CC1CCCCC1NC(=O)/C=C/c1ccc(N)cc1. The highest BCUT2D eigenvalue weighted by molar-refractivity contribution is 5.91. The van der Waals surface area contributed by atoms with Gasteiger partial charge in [0.05, 0.1) is 0 Å². The number of rotatable bonds is 3. The van der Waals surface area contributed by atoms with Crippen LogP contribution >= 0.6 is 0 Å². The normalized spacial score (nSPS) is 23.4. The van der Waals surface area contributed by atoms with Gasteiger partial charge in [-0.05, 0) is 42.5 Å². The maximum absolute atomic E-state index is 11.9. The molecular formula is C16H22N2O. The molecule has 2 atom stereocenters. The van der Waals surface area contributed by atoms with Gasteiger partial charge in [-0.1, -0.05) is 31.9 Å². The van der Waals surface area contributed by atoms with Crippen molar-refractivity contribution in [3.8, 4) is 0 Å².